The molecule has 2 aromatic heterocycles. The Balaban J connectivity index is 0.00000133. The van der Waals surface area contributed by atoms with Crippen LogP contribution < -0.4 is 16.0 Å². The summed E-state index contributed by atoms with van der Waals surface area (Å²) in [5.41, 5.74) is 8.22. The molecule has 1 saturated heterocycles. The molecule has 4 N–H and O–H groups in total. The summed E-state index contributed by atoms with van der Waals surface area (Å²) >= 11 is 1.44. The SMILES string of the molecule is Cl.Nc1nc(N2CCNC[C@H]2CO)c2ncsc2n1. The van der Waals surface area contributed by atoms with E-state index in [1.807, 2.05) is 0 Å². The van der Waals surface area contributed by atoms with Crippen molar-refractivity contribution >= 4 is 45.9 Å². The van der Waals surface area contributed by atoms with Crippen LogP contribution in [0.4, 0.5) is 11.8 Å². The van der Waals surface area contributed by atoms with Crippen molar-refractivity contribution in [2.24, 2.45) is 0 Å². The van der Waals surface area contributed by atoms with Gasteiger partial charge < -0.3 is 21.1 Å². The second kappa shape index (κ2) is 5.83. The second-order valence-corrected chi connectivity index (χ2v) is 4.98. The highest BCUT2D eigenvalue weighted by atomic mass is 35.5. The number of nitrogens with one attached hydrogen (secondary N) is 1. The predicted octanol–water partition coefficient (Wildman–Crippen LogP) is -0.139. The molecule has 2 aromatic rings. The number of aliphatic hydroxyl groups is 1. The van der Waals surface area contributed by atoms with E-state index in [-0.39, 0.29) is 31.0 Å². The van der Waals surface area contributed by atoms with Gasteiger partial charge in [0.2, 0.25) is 5.95 Å². The maximum Gasteiger partial charge on any atom is 0.223 e. The third-order valence-electron chi connectivity index (χ3n) is 3.03. The van der Waals surface area contributed by atoms with Crippen LogP contribution in [0, 0.1) is 0 Å². The van der Waals surface area contributed by atoms with Crippen LogP contribution in [0.2, 0.25) is 0 Å². The van der Waals surface area contributed by atoms with Crippen LogP contribution >= 0.6 is 23.7 Å². The zero-order valence-electron chi connectivity index (χ0n) is 10.1. The first kappa shape index (κ1) is 14.2. The van der Waals surface area contributed by atoms with E-state index in [9.17, 15) is 5.11 Å². The van der Waals surface area contributed by atoms with Crippen LogP contribution in [0.3, 0.4) is 0 Å². The number of aliphatic hydroxyl groups excluding tert-OH is 1. The highest BCUT2D eigenvalue weighted by Crippen LogP contribution is 2.27. The fourth-order valence-electron chi connectivity index (χ4n) is 2.17. The number of thiazole rings is 1. The molecule has 0 amide bonds. The van der Waals surface area contributed by atoms with Crippen molar-refractivity contribution in [3.8, 4) is 0 Å². The predicted molar refractivity (Wildman–Crippen MR) is 78.0 cm³/mol. The Kier molecular flexibility index (Phi) is 4.35. The van der Waals surface area contributed by atoms with Gasteiger partial charge in [0.15, 0.2) is 10.6 Å². The minimum absolute atomic E-state index is 0. The highest BCUT2D eigenvalue weighted by molar-refractivity contribution is 7.16. The Morgan fingerprint density at radius 2 is 2.37 bits per heavy atom. The van der Waals surface area contributed by atoms with E-state index in [0.29, 0.717) is 0 Å². The van der Waals surface area contributed by atoms with Gasteiger partial charge in [0.1, 0.15) is 5.52 Å². The zero-order chi connectivity index (χ0) is 12.5. The number of hydrogen-bond acceptors (Lipinski definition) is 8. The molecule has 0 radical (unpaired) electrons. The summed E-state index contributed by atoms with van der Waals surface area (Å²) in [5.74, 6) is 0.969. The summed E-state index contributed by atoms with van der Waals surface area (Å²) in [6, 6.07) is -0.00190. The summed E-state index contributed by atoms with van der Waals surface area (Å²) < 4.78 is 0. The number of nitrogens with two attached hydrogens (primary N) is 1. The van der Waals surface area contributed by atoms with Gasteiger partial charge in [-0.2, -0.15) is 4.98 Å². The van der Waals surface area contributed by atoms with Crippen LogP contribution in [-0.2, 0) is 0 Å². The van der Waals surface area contributed by atoms with Crippen molar-refractivity contribution in [1.29, 1.82) is 0 Å². The van der Waals surface area contributed by atoms with Crippen molar-refractivity contribution in [1.82, 2.24) is 20.3 Å². The summed E-state index contributed by atoms with van der Waals surface area (Å²) in [4.78, 5) is 15.6. The van der Waals surface area contributed by atoms with Gasteiger partial charge in [0, 0.05) is 19.6 Å². The second-order valence-electron chi connectivity index (χ2n) is 4.15. The lowest BCUT2D eigenvalue weighted by Gasteiger charge is -2.36. The van der Waals surface area contributed by atoms with Gasteiger partial charge in [0.25, 0.3) is 0 Å². The lowest BCUT2D eigenvalue weighted by molar-refractivity contribution is 0.246. The third-order valence-corrected chi connectivity index (χ3v) is 3.75. The van der Waals surface area contributed by atoms with Crippen molar-refractivity contribution in [3.05, 3.63) is 5.51 Å². The summed E-state index contributed by atoms with van der Waals surface area (Å²) in [7, 11) is 0. The van der Waals surface area contributed by atoms with E-state index in [4.69, 9.17) is 5.73 Å². The van der Waals surface area contributed by atoms with Crippen molar-refractivity contribution in [2.45, 2.75) is 6.04 Å². The molecule has 0 aromatic carbocycles. The highest BCUT2D eigenvalue weighted by Gasteiger charge is 2.25. The number of halogens is 1. The van der Waals surface area contributed by atoms with E-state index in [1.54, 1.807) is 5.51 Å². The van der Waals surface area contributed by atoms with Crippen LogP contribution in [0.15, 0.2) is 5.51 Å². The Hall–Kier alpha value is -1.22. The van der Waals surface area contributed by atoms with Crippen molar-refractivity contribution in [2.75, 3.05) is 36.9 Å². The van der Waals surface area contributed by atoms with E-state index in [1.165, 1.54) is 11.3 Å². The molecule has 3 rings (SSSR count). The first-order valence-electron chi connectivity index (χ1n) is 5.74. The molecular formula is C10H15ClN6OS. The monoisotopic (exact) mass is 302 g/mol. The standard InChI is InChI=1S/C10H14N6OS.ClH/c11-10-14-8(7-9(15-10)18-5-13-7)16-2-1-12-3-6(16)4-17;/h5-6,12,17H,1-4H2,(H2,11,14,15);1H/t6-;/m0./s1. The van der Waals surface area contributed by atoms with Crippen molar-refractivity contribution in [3.63, 3.8) is 0 Å². The summed E-state index contributed by atoms with van der Waals surface area (Å²) in [5, 5.41) is 12.7. The quantitative estimate of drug-likeness (QED) is 0.710. The number of aromatic nitrogens is 3. The summed E-state index contributed by atoms with van der Waals surface area (Å²) in [6.45, 7) is 2.43. The van der Waals surface area contributed by atoms with Crippen LogP contribution in [0.5, 0.6) is 0 Å². The normalized spacial score (nSPS) is 19.4. The molecule has 19 heavy (non-hydrogen) atoms. The van der Waals surface area contributed by atoms with Gasteiger partial charge in [-0.25, -0.2) is 9.97 Å². The fraction of sp³-hybridized carbons (Fsp3) is 0.500. The number of anilines is 2. The lowest BCUT2D eigenvalue weighted by Crippen LogP contribution is -2.53. The molecule has 1 fully saturated rings. The van der Waals surface area contributed by atoms with Crippen LogP contribution in [0.25, 0.3) is 10.3 Å². The first-order valence-corrected chi connectivity index (χ1v) is 6.62. The molecule has 0 spiro atoms. The number of rotatable bonds is 2. The smallest absolute Gasteiger partial charge is 0.223 e. The molecule has 9 heteroatoms. The topological polar surface area (TPSA) is 100 Å². The van der Waals surface area contributed by atoms with Gasteiger partial charge >= 0.3 is 0 Å². The Morgan fingerprint density at radius 3 is 3.16 bits per heavy atom. The lowest BCUT2D eigenvalue weighted by atomic mass is 10.2. The molecule has 1 aliphatic rings. The Bertz CT molecular complexity index is 564. The minimum Gasteiger partial charge on any atom is -0.394 e. The average Bonchev–Trinajstić information content (AvgIpc) is 2.85. The van der Waals surface area contributed by atoms with Crippen LogP contribution in [-0.4, -0.2) is 52.3 Å². The Morgan fingerprint density at radius 1 is 1.53 bits per heavy atom. The third kappa shape index (κ3) is 2.57. The van der Waals surface area contributed by atoms with Gasteiger partial charge in [-0.1, -0.05) is 0 Å². The molecule has 0 bridgehead atoms. The van der Waals surface area contributed by atoms with Crippen LogP contribution in [0.1, 0.15) is 0 Å². The molecule has 0 saturated carbocycles. The first-order chi connectivity index (χ1) is 8.79. The van der Waals surface area contributed by atoms with E-state index in [0.717, 1.165) is 35.8 Å². The molecule has 0 unspecified atom stereocenters. The molecule has 7 nitrogen and oxygen atoms in total. The minimum atomic E-state index is -0.00190. The zero-order valence-corrected chi connectivity index (χ0v) is 11.7. The maximum atomic E-state index is 9.44. The molecule has 0 aliphatic carbocycles. The number of fused-ring (bicyclic) bond motifs is 1. The van der Waals surface area contributed by atoms with E-state index < -0.39 is 0 Å². The molecule has 104 valence electrons. The molecular weight excluding hydrogens is 288 g/mol. The Labute approximate surface area is 120 Å². The average molecular weight is 303 g/mol. The van der Waals surface area contributed by atoms with Gasteiger partial charge in [-0.05, 0) is 0 Å². The maximum absolute atomic E-state index is 9.44. The van der Waals surface area contributed by atoms with Gasteiger partial charge in [-0.3, -0.25) is 0 Å². The number of hydrogen-bond donors (Lipinski definition) is 3. The number of nitrogen functional groups attached to an aromatic ring is 1. The van der Waals surface area contributed by atoms with E-state index >= 15 is 0 Å². The number of nitrogens with zero attached hydrogens (tertiary/aromatic N) is 4. The number of piperazine rings is 1. The molecule has 1 atom stereocenters. The largest absolute Gasteiger partial charge is 0.394 e. The fourth-order valence-corrected chi connectivity index (χ4v) is 2.83. The van der Waals surface area contributed by atoms with Crippen molar-refractivity contribution < 1.29 is 5.11 Å². The molecule has 3 heterocycles. The van der Waals surface area contributed by atoms with Gasteiger partial charge in [0.05, 0.1) is 18.2 Å². The summed E-state index contributed by atoms with van der Waals surface area (Å²) in [6.07, 6.45) is 0. The van der Waals surface area contributed by atoms with Gasteiger partial charge in [-0.15, -0.1) is 23.7 Å². The molecule has 1 aliphatic heterocycles. The van der Waals surface area contributed by atoms with E-state index in [2.05, 4.69) is 25.2 Å².